The SMILES string of the molecule is COc1nnc(-c2cnn(C)c2)cc1-c1cc2ccccc2n1C(=O)OC(C)(C)C. The molecular weight excluding hydrogens is 382 g/mol. The molecule has 0 amide bonds. The Hall–Kier alpha value is -3.68. The van der Waals surface area contributed by atoms with Crippen molar-refractivity contribution in [3.8, 4) is 28.4 Å². The van der Waals surface area contributed by atoms with Gasteiger partial charge in [-0.15, -0.1) is 10.2 Å². The van der Waals surface area contributed by atoms with Crippen molar-refractivity contribution in [3.63, 3.8) is 0 Å². The second-order valence-electron chi connectivity index (χ2n) is 7.96. The van der Waals surface area contributed by atoms with Gasteiger partial charge in [-0.05, 0) is 39.0 Å². The van der Waals surface area contributed by atoms with E-state index in [1.807, 2.05) is 70.4 Å². The molecule has 0 fully saturated rings. The minimum absolute atomic E-state index is 0.315. The third kappa shape index (κ3) is 3.63. The molecule has 1 aromatic carbocycles. The quantitative estimate of drug-likeness (QED) is 0.506. The Morgan fingerprint density at radius 2 is 1.87 bits per heavy atom. The summed E-state index contributed by atoms with van der Waals surface area (Å²) in [5, 5.41) is 13.6. The van der Waals surface area contributed by atoms with Crippen LogP contribution in [0.15, 0.2) is 48.8 Å². The number of hydrogen-bond donors (Lipinski definition) is 0. The van der Waals surface area contributed by atoms with E-state index >= 15 is 0 Å². The Kier molecular flexibility index (Phi) is 4.77. The summed E-state index contributed by atoms with van der Waals surface area (Å²) >= 11 is 0. The topological polar surface area (TPSA) is 84.1 Å². The summed E-state index contributed by atoms with van der Waals surface area (Å²) < 4.78 is 14.4. The second-order valence-corrected chi connectivity index (χ2v) is 7.96. The van der Waals surface area contributed by atoms with Crippen LogP contribution in [-0.2, 0) is 11.8 Å². The van der Waals surface area contributed by atoms with Crippen molar-refractivity contribution in [2.75, 3.05) is 7.11 Å². The Balaban J connectivity index is 1.94. The second kappa shape index (κ2) is 7.29. The predicted octanol–water partition coefficient (Wildman–Crippen LogP) is 4.29. The maximum atomic E-state index is 13.1. The maximum absolute atomic E-state index is 13.1. The van der Waals surface area contributed by atoms with Gasteiger partial charge in [0.25, 0.3) is 0 Å². The molecule has 3 heterocycles. The summed E-state index contributed by atoms with van der Waals surface area (Å²) in [6.07, 6.45) is 3.09. The monoisotopic (exact) mass is 405 g/mol. The zero-order valence-corrected chi connectivity index (χ0v) is 17.6. The van der Waals surface area contributed by atoms with Crippen molar-refractivity contribution in [2.45, 2.75) is 26.4 Å². The van der Waals surface area contributed by atoms with E-state index in [1.54, 1.807) is 15.4 Å². The summed E-state index contributed by atoms with van der Waals surface area (Å²) in [6, 6.07) is 11.4. The van der Waals surface area contributed by atoms with Crippen LogP contribution in [0.3, 0.4) is 0 Å². The third-order valence-electron chi connectivity index (χ3n) is 4.52. The minimum atomic E-state index is -0.638. The van der Waals surface area contributed by atoms with Gasteiger partial charge < -0.3 is 9.47 Å². The summed E-state index contributed by atoms with van der Waals surface area (Å²) in [7, 11) is 3.36. The number of carbonyl (C=O) groups excluding carboxylic acids is 1. The highest BCUT2D eigenvalue weighted by molar-refractivity contribution is 5.97. The number of fused-ring (bicyclic) bond motifs is 1. The summed E-state index contributed by atoms with van der Waals surface area (Å²) in [5.74, 6) is 0.315. The first-order valence-electron chi connectivity index (χ1n) is 9.52. The lowest BCUT2D eigenvalue weighted by Crippen LogP contribution is -2.27. The van der Waals surface area contributed by atoms with Crippen LogP contribution in [-0.4, -0.2) is 43.3 Å². The van der Waals surface area contributed by atoms with E-state index in [4.69, 9.17) is 9.47 Å². The van der Waals surface area contributed by atoms with Crippen molar-refractivity contribution >= 4 is 17.0 Å². The average molecular weight is 405 g/mol. The number of rotatable bonds is 3. The largest absolute Gasteiger partial charge is 0.479 e. The molecule has 0 aliphatic carbocycles. The van der Waals surface area contributed by atoms with Gasteiger partial charge in [-0.2, -0.15) is 5.10 Å². The van der Waals surface area contributed by atoms with Gasteiger partial charge in [0.15, 0.2) is 0 Å². The fourth-order valence-electron chi connectivity index (χ4n) is 3.27. The van der Waals surface area contributed by atoms with Gasteiger partial charge in [-0.25, -0.2) is 9.36 Å². The van der Waals surface area contributed by atoms with E-state index < -0.39 is 11.7 Å². The number of ether oxygens (including phenoxy) is 2. The fraction of sp³-hybridized carbons (Fsp3) is 0.273. The molecule has 8 nitrogen and oxygen atoms in total. The zero-order valence-electron chi connectivity index (χ0n) is 17.6. The minimum Gasteiger partial charge on any atom is -0.479 e. The number of benzene rings is 1. The van der Waals surface area contributed by atoms with Crippen LogP contribution in [0.4, 0.5) is 4.79 Å². The summed E-state index contributed by atoms with van der Waals surface area (Å²) in [6.45, 7) is 5.52. The lowest BCUT2D eigenvalue weighted by molar-refractivity contribution is 0.0547. The van der Waals surface area contributed by atoms with Crippen molar-refractivity contribution in [2.24, 2.45) is 7.05 Å². The molecule has 8 heteroatoms. The molecule has 0 aliphatic rings. The number of methoxy groups -OCH3 is 1. The first-order valence-corrected chi connectivity index (χ1v) is 9.52. The molecule has 30 heavy (non-hydrogen) atoms. The lowest BCUT2D eigenvalue weighted by Gasteiger charge is -2.21. The lowest BCUT2D eigenvalue weighted by atomic mass is 10.1. The highest BCUT2D eigenvalue weighted by atomic mass is 16.6. The third-order valence-corrected chi connectivity index (χ3v) is 4.52. The highest BCUT2D eigenvalue weighted by Gasteiger charge is 2.25. The van der Waals surface area contributed by atoms with Crippen molar-refractivity contribution in [1.82, 2.24) is 24.5 Å². The molecule has 0 atom stereocenters. The smallest absolute Gasteiger partial charge is 0.419 e. The van der Waals surface area contributed by atoms with Crippen LogP contribution in [0.5, 0.6) is 5.88 Å². The zero-order chi connectivity index (χ0) is 21.5. The summed E-state index contributed by atoms with van der Waals surface area (Å²) in [4.78, 5) is 13.1. The standard InChI is InChI=1S/C22H23N5O3/c1-22(2,3)30-21(28)27-18-9-7-6-8-14(18)10-19(27)16-11-17(24-25-20(16)29-5)15-12-23-26(4)13-15/h6-13H,1-5H3. The van der Waals surface area contributed by atoms with Gasteiger partial charge in [0.2, 0.25) is 5.88 Å². The van der Waals surface area contributed by atoms with Crippen molar-refractivity contribution in [1.29, 1.82) is 0 Å². The van der Waals surface area contributed by atoms with Gasteiger partial charge in [0.1, 0.15) is 5.60 Å². The van der Waals surface area contributed by atoms with Crippen LogP contribution in [0.2, 0.25) is 0 Å². The number of nitrogens with zero attached hydrogens (tertiary/aromatic N) is 5. The van der Waals surface area contributed by atoms with Crippen LogP contribution in [0.1, 0.15) is 20.8 Å². The van der Waals surface area contributed by atoms with Gasteiger partial charge in [-0.1, -0.05) is 18.2 Å². The molecule has 3 aromatic heterocycles. The number of aryl methyl sites for hydroxylation is 1. The van der Waals surface area contributed by atoms with Gasteiger partial charge in [0, 0.05) is 24.2 Å². The van der Waals surface area contributed by atoms with E-state index in [9.17, 15) is 4.79 Å². The van der Waals surface area contributed by atoms with E-state index in [1.165, 1.54) is 7.11 Å². The molecule has 0 N–H and O–H groups in total. The van der Waals surface area contributed by atoms with E-state index in [0.717, 1.165) is 16.5 Å². The first-order chi connectivity index (χ1) is 14.3. The molecule has 0 saturated heterocycles. The van der Waals surface area contributed by atoms with Crippen molar-refractivity contribution < 1.29 is 14.3 Å². The Labute approximate surface area is 174 Å². The predicted molar refractivity (Wildman–Crippen MR) is 113 cm³/mol. The van der Waals surface area contributed by atoms with E-state index in [0.29, 0.717) is 22.8 Å². The van der Waals surface area contributed by atoms with Gasteiger partial charge in [0.05, 0.1) is 35.8 Å². The molecule has 0 unspecified atom stereocenters. The molecule has 0 aliphatic heterocycles. The van der Waals surface area contributed by atoms with Gasteiger partial charge >= 0.3 is 6.09 Å². The first kappa shape index (κ1) is 19.6. The summed E-state index contributed by atoms with van der Waals surface area (Å²) in [5.41, 5.74) is 2.79. The fourth-order valence-corrected chi connectivity index (χ4v) is 3.27. The Bertz CT molecular complexity index is 1230. The van der Waals surface area contributed by atoms with E-state index in [-0.39, 0.29) is 0 Å². The Morgan fingerprint density at radius 1 is 1.10 bits per heavy atom. The van der Waals surface area contributed by atoms with Crippen LogP contribution in [0.25, 0.3) is 33.4 Å². The molecule has 0 saturated carbocycles. The van der Waals surface area contributed by atoms with Crippen LogP contribution < -0.4 is 4.74 Å². The molecule has 154 valence electrons. The van der Waals surface area contributed by atoms with Gasteiger partial charge in [-0.3, -0.25) is 4.68 Å². The normalized spacial score (nSPS) is 11.6. The number of hydrogen-bond acceptors (Lipinski definition) is 6. The molecule has 0 radical (unpaired) electrons. The number of para-hydroxylation sites is 1. The molecular formula is C22H23N5O3. The highest BCUT2D eigenvalue weighted by Crippen LogP contribution is 2.35. The average Bonchev–Trinajstić information content (AvgIpc) is 3.29. The maximum Gasteiger partial charge on any atom is 0.419 e. The molecule has 0 spiro atoms. The van der Waals surface area contributed by atoms with Crippen molar-refractivity contribution in [3.05, 3.63) is 48.8 Å². The van der Waals surface area contributed by atoms with E-state index in [2.05, 4.69) is 15.3 Å². The molecule has 4 aromatic rings. The number of carbonyl (C=O) groups is 1. The Morgan fingerprint density at radius 3 is 2.53 bits per heavy atom. The number of aromatic nitrogens is 5. The van der Waals surface area contributed by atoms with Crippen LogP contribution >= 0.6 is 0 Å². The van der Waals surface area contributed by atoms with Crippen LogP contribution in [0, 0.1) is 0 Å². The molecule has 4 rings (SSSR count). The molecule has 0 bridgehead atoms.